The van der Waals surface area contributed by atoms with E-state index in [0.717, 1.165) is 38.0 Å². The Balaban J connectivity index is 1.44. The number of nitriles is 2. The first-order chi connectivity index (χ1) is 17.1. The minimum atomic E-state index is 0.0545. The molecule has 3 aromatic rings. The van der Waals surface area contributed by atoms with E-state index in [4.69, 9.17) is 21.6 Å². The minimum absolute atomic E-state index is 0.0545. The molecule has 1 aliphatic rings. The van der Waals surface area contributed by atoms with E-state index < -0.39 is 0 Å². The van der Waals surface area contributed by atoms with Crippen LogP contribution >= 0.6 is 11.6 Å². The summed E-state index contributed by atoms with van der Waals surface area (Å²) in [6, 6.07) is 16.5. The van der Waals surface area contributed by atoms with Gasteiger partial charge in [0.2, 0.25) is 0 Å². The Morgan fingerprint density at radius 2 is 1.94 bits per heavy atom. The van der Waals surface area contributed by atoms with E-state index in [1.165, 1.54) is 0 Å². The molecule has 7 nitrogen and oxygen atoms in total. The molecule has 1 fully saturated rings. The zero-order chi connectivity index (χ0) is 24.6. The topological polar surface area (TPSA) is 103 Å². The molecule has 0 spiro atoms. The van der Waals surface area contributed by atoms with Crippen molar-refractivity contribution in [1.82, 2.24) is 15.1 Å². The molecule has 35 heavy (non-hydrogen) atoms. The number of hydrogen-bond donors (Lipinski definition) is 0. The van der Waals surface area contributed by atoms with Crippen molar-refractivity contribution in [3.05, 3.63) is 71.0 Å². The summed E-state index contributed by atoms with van der Waals surface area (Å²) in [5.74, 6) is 1.12. The number of ketones is 1. The number of aromatic nitrogens is 2. The van der Waals surface area contributed by atoms with Crippen molar-refractivity contribution < 1.29 is 9.53 Å². The summed E-state index contributed by atoms with van der Waals surface area (Å²) < 4.78 is 5.99. The maximum atomic E-state index is 12.9. The fourth-order valence-corrected chi connectivity index (χ4v) is 4.52. The predicted molar refractivity (Wildman–Crippen MR) is 132 cm³/mol. The highest BCUT2D eigenvalue weighted by molar-refractivity contribution is 6.32. The molecule has 0 N–H and O–H groups in total. The average Bonchev–Trinajstić information content (AvgIpc) is 2.89. The summed E-state index contributed by atoms with van der Waals surface area (Å²) in [6.45, 7) is 2.64. The van der Waals surface area contributed by atoms with Gasteiger partial charge in [-0.25, -0.2) is 0 Å². The lowest BCUT2D eigenvalue weighted by molar-refractivity contribution is 0.0929. The SMILES string of the molecule is N#CCCN1CCC(CC(=O)c2ccc(Oc3cccc(-c4ccnnc4)c3C#N)c(Cl)c2)CC1. The molecule has 0 bridgehead atoms. The molecule has 0 saturated carbocycles. The van der Waals surface area contributed by atoms with Gasteiger partial charge in [-0.1, -0.05) is 23.7 Å². The lowest BCUT2D eigenvalue weighted by atomic mass is 9.90. The molecule has 4 rings (SSSR count). The molecule has 0 atom stereocenters. The molecule has 2 aromatic carbocycles. The average molecular weight is 486 g/mol. The number of likely N-dealkylation sites (tertiary alicyclic amines) is 1. The quantitative estimate of drug-likeness (QED) is 0.379. The summed E-state index contributed by atoms with van der Waals surface area (Å²) in [6.07, 6.45) is 6.07. The van der Waals surface area contributed by atoms with Crippen molar-refractivity contribution in [2.45, 2.75) is 25.7 Å². The molecule has 0 unspecified atom stereocenters. The highest BCUT2D eigenvalue weighted by atomic mass is 35.5. The number of piperidine rings is 1. The Bertz CT molecular complexity index is 1270. The highest BCUT2D eigenvalue weighted by Gasteiger charge is 2.22. The maximum absolute atomic E-state index is 12.9. The Kier molecular flexibility index (Phi) is 8.05. The number of hydrogen-bond acceptors (Lipinski definition) is 7. The van der Waals surface area contributed by atoms with Crippen molar-refractivity contribution in [2.24, 2.45) is 5.92 Å². The smallest absolute Gasteiger partial charge is 0.163 e. The van der Waals surface area contributed by atoms with E-state index in [1.54, 1.807) is 48.8 Å². The lowest BCUT2D eigenvalue weighted by Crippen LogP contribution is -2.34. The monoisotopic (exact) mass is 485 g/mol. The predicted octanol–water partition coefficient (Wildman–Crippen LogP) is 5.66. The first-order valence-electron chi connectivity index (χ1n) is 11.5. The number of rotatable bonds is 8. The number of carbonyl (C=O) groups excluding carboxylic acids is 1. The molecule has 0 amide bonds. The van der Waals surface area contributed by atoms with Crippen molar-refractivity contribution in [3.8, 4) is 34.8 Å². The summed E-state index contributed by atoms with van der Waals surface area (Å²) in [5.41, 5.74) is 2.34. The van der Waals surface area contributed by atoms with Gasteiger partial charge >= 0.3 is 0 Å². The van der Waals surface area contributed by atoms with Gasteiger partial charge < -0.3 is 9.64 Å². The van der Waals surface area contributed by atoms with Gasteiger partial charge in [0.15, 0.2) is 5.78 Å². The van der Waals surface area contributed by atoms with Gasteiger partial charge in [0.25, 0.3) is 0 Å². The first kappa shape index (κ1) is 24.3. The zero-order valence-electron chi connectivity index (χ0n) is 19.2. The van der Waals surface area contributed by atoms with Crippen LogP contribution in [0.3, 0.4) is 0 Å². The fourth-order valence-electron chi connectivity index (χ4n) is 4.30. The normalized spacial score (nSPS) is 14.1. The van der Waals surface area contributed by atoms with Gasteiger partial charge in [-0.15, -0.1) is 0 Å². The molecule has 0 radical (unpaired) electrons. The van der Waals surface area contributed by atoms with Gasteiger partial charge in [-0.3, -0.25) is 4.79 Å². The van der Waals surface area contributed by atoms with Gasteiger partial charge in [-0.05, 0) is 62.2 Å². The van der Waals surface area contributed by atoms with E-state index >= 15 is 0 Å². The number of ether oxygens (including phenoxy) is 1. The molecule has 0 aliphatic carbocycles. The standard InChI is InChI=1S/C27H24ClN5O2/c28-24-16-20(25(34)15-19-8-13-33(14-9-19)12-2-10-29)5-6-27(24)35-26-4-1-3-22(23(26)17-30)21-7-11-31-32-18-21/h1,3-7,11,16,18-19H,2,8-9,12-15H2. The Hall–Kier alpha value is -3.78. The molecule has 176 valence electrons. The highest BCUT2D eigenvalue weighted by Crippen LogP contribution is 2.36. The van der Waals surface area contributed by atoms with Crippen LogP contribution in [-0.2, 0) is 0 Å². The molecular weight excluding hydrogens is 462 g/mol. The van der Waals surface area contributed by atoms with Crippen LogP contribution in [0.4, 0.5) is 0 Å². The third-order valence-corrected chi connectivity index (χ3v) is 6.52. The molecule has 1 saturated heterocycles. The number of Topliss-reactive ketones (excluding diaryl/α,β-unsaturated/α-hetero) is 1. The van der Waals surface area contributed by atoms with E-state index in [9.17, 15) is 10.1 Å². The van der Waals surface area contributed by atoms with Crippen LogP contribution in [-0.4, -0.2) is 40.5 Å². The fraction of sp³-hybridized carbons (Fsp3) is 0.296. The van der Waals surface area contributed by atoms with Gasteiger partial charge in [-0.2, -0.15) is 20.7 Å². The Labute approximate surface area is 209 Å². The third kappa shape index (κ3) is 6.02. The molecule has 1 aromatic heterocycles. The number of nitrogens with zero attached hydrogens (tertiary/aromatic N) is 5. The van der Waals surface area contributed by atoms with Crippen LogP contribution in [0.25, 0.3) is 11.1 Å². The minimum Gasteiger partial charge on any atom is -0.454 e. The maximum Gasteiger partial charge on any atom is 0.163 e. The van der Waals surface area contributed by atoms with Crippen LogP contribution in [0.2, 0.25) is 5.02 Å². The van der Waals surface area contributed by atoms with Crippen LogP contribution in [0.15, 0.2) is 54.9 Å². The van der Waals surface area contributed by atoms with Crippen molar-refractivity contribution in [2.75, 3.05) is 19.6 Å². The second-order valence-electron chi connectivity index (χ2n) is 8.49. The van der Waals surface area contributed by atoms with Gasteiger partial charge in [0.05, 0.1) is 23.5 Å². The van der Waals surface area contributed by atoms with Crippen LogP contribution in [0, 0.1) is 28.6 Å². The second-order valence-corrected chi connectivity index (χ2v) is 8.90. The first-order valence-corrected chi connectivity index (χ1v) is 11.9. The van der Waals surface area contributed by atoms with Crippen LogP contribution < -0.4 is 4.74 Å². The lowest BCUT2D eigenvalue weighted by Gasteiger charge is -2.31. The second kappa shape index (κ2) is 11.6. The molecule has 2 heterocycles. The number of benzene rings is 2. The van der Waals surface area contributed by atoms with E-state index in [-0.39, 0.29) is 5.78 Å². The van der Waals surface area contributed by atoms with E-state index in [1.807, 2.05) is 6.07 Å². The van der Waals surface area contributed by atoms with Crippen molar-refractivity contribution in [1.29, 1.82) is 10.5 Å². The summed E-state index contributed by atoms with van der Waals surface area (Å²) >= 11 is 6.47. The van der Waals surface area contributed by atoms with Gasteiger partial charge in [0, 0.05) is 36.1 Å². The largest absolute Gasteiger partial charge is 0.454 e. The summed E-state index contributed by atoms with van der Waals surface area (Å²) in [4.78, 5) is 15.2. The summed E-state index contributed by atoms with van der Waals surface area (Å²) in [7, 11) is 0. The van der Waals surface area contributed by atoms with Crippen molar-refractivity contribution >= 4 is 17.4 Å². The van der Waals surface area contributed by atoms with Gasteiger partial charge in [0.1, 0.15) is 23.1 Å². The zero-order valence-corrected chi connectivity index (χ0v) is 19.9. The Morgan fingerprint density at radius 3 is 2.63 bits per heavy atom. The third-order valence-electron chi connectivity index (χ3n) is 6.23. The molecule has 1 aliphatic heterocycles. The Morgan fingerprint density at radius 1 is 1.11 bits per heavy atom. The van der Waals surface area contributed by atoms with E-state index in [0.29, 0.717) is 52.0 Å². The summed E-state index contributed by atoms with van der Waals surface area (Å²) in [5, 5.41) is 26.5. The molecular formula is C27H24ClN5O2. The number of carbonyl (C=O) groups is 1. The molecule has 8 heteroatoms. The van der Waals surface area contributed by atoms with Crippen molar-refractivity contribution in [3.63, 3.8) is 0 Å². The number of halogens is 1. The van der Waals surface area contributed by atoms with Crippen LogP contribution in [0.1, 0.15) is 41.6 Å². The van der Waals surface area contributed by atoms with E-state index in [2.05, 4.69) is 27.2 Å². The van der Waals surface area contributed by atoms with Crippen LogP contribution in [0.5, 0.6) is 11.5 Å².